The Hall–Kier alpha value is -1.39. The van der Waals surface area contributed by atoms with E-state index in [-0.39, 0.29) is 5.91 Å². The fraction of sp³-hybridized carbons (Fsp3) is 0.650. The molecule has 24 heavy (non-hydrogen) atoms. The van der Waals surface area contributed by atoms with E-state index in [1.165, 1.54) is 6.42 Å². The molecule has 1 saturated heterocycles. The predicted octanol–water partition coefficient (Wildman–Crippen LogP) is 3.28. The quantitative estimate of drug-likeness (QED) is 0.833. The zero-order valence-electron chi connectivity index (χ0n) is 15.3. The topological polar surface area (TPSA) is 49.8 Å². The fourth-order valence-corrected chi connectivity index (χ4v) is 3.26. The fourth-order valence-electron chi connectivity index (χ4n) is 3.26. The van der Waals surface area contributed by atoms with Gasteiger partial charge in [0.15, 0.2) is 0 Å². The van der Waals surface area contributed by atoms with Crippen molar-refractivity contribution in [2.45, 2.75) is 51.6 Å². The summed E-state index contributed by atoms with van der Waals surface area (Å²) in [5.74, 6) is 0.670. The molecule has 1 atom stereocenters. The molecule has 2 rings (SSSR count). The van der Waals surface area contributed by atoms with Crippen LogP contribution in [0.5, 0.6) is 0 Å². The Morgan fingerprint density at radius 1 is 1.42 bits per heavy atom. The third-order valence-corrected chi connectivity index (χ3v) is 4.74. The predicted molar refractivity (Wildman–Crippen MR) is 96.2 cm³/mol. The number of ether oxygens (including phenoxy) is 1. The molecule has 1 N–H and O–H groups in total. The number of benzene rings is 1. The monoisotopic (exact) mass is 333 g/mol. The van der Waals surface area contributed by atoms with Crippen LogP contribution in [0.2, 0.25) is 0 Å². The number of rotatable bonds is 7. The number of aliphatic hydroxyl groups is 1. The van der Waals surface area contributed by atoms with Crippen molar-refractivity contribution in [3.8, 4) is 0 Å². The summed E-state index contributed by atoms with van der Waals surface area (Å²) in [4.78, 5) is 14.8. The van der Waals surface area contributed by atoms with Crippen LogP contribution in [0.25, 0.3) is 0 Å². The van der Waals surface area contributed by atoms with E-state index in [0.29, 0.717) is 12.3 Å². The van der Waals surface area contributed by atoms with Crippen molar-refractivity contribution < 1.29 is 14.6 Å². The Morgan fingerprint density at radius 3 is 2.92 bits per heavy atom. The second kappa shape index (κ2) is 8.63. The van der Waals surface area contributed by atoms with Gasteiger partial charge in [-0.1, -0.05) is 12.1 Å². The van der Waals surface area contributed by atoms with Crippen molar-refractivity contribution >= 4 is 5.91 Å². The van der Waals surface area contributed by atoms with Crippen LogP contribution in [0, 0.1) is 5.92 Å². The number of nitrogens with zero attached hydrogens (tertiary/aromatic N) is 1. The van der Waals surface area contributed by atoms with E-state index in [4.69, 9.17) is 4.74 Å². The third-order valence-electron chi connectivity index (χ3n) is 4.74. The minimum absolute atomic E-state index is 0.127. The van der Waals surface area contributed by atoms with Gasteiger partial charge in [-0.15, -0.1) is 0 Å². The molecule has 1 aliphatic rings. The molecule has 0 saturated carbocycles. The first-order valence-corrected chi connectivity index (χ1v) is 8.98. The lowest BCUT2D eigenvalue weighted by atomic mass is 9.94. The van der Waals surface area contributed by atoms with Crippen molar-refractivity contribution in [1.82, 2.24) is 4.90 Å². The van der Waals surface area contributed by atoms with Crippen LogP contribution in [0.1, 0.15) is 55.5 Å². The van der Waals surface area contributed by atoms with Crippen molar-refractivity contribution in [3.63, 3.8) is 0 Å². The highest BCUT2D eigenvalue weighted by Gasteiger charge is 2.24. The Morgan fingerprint density at radius 2 is 2.21 bits per heavy atom. The number of methoxy groups -OCH3 is 1. The number of amides is 1. The van der Waals surface area contributed by atoms with Gasteiger partial charge in [0.1, 0.15) is 0 Å². The maximum atomic E-state index is 12.8. The lowest BCUT2D eigenvalue weighted by molar-refractivity contribution is 0.0642. The molecule has 1 aromatic carbocycles. The van der Waals surface area contributed by atoms with Crippen molar-refractivity contribution in [2.24, 2.45) is 5.92 Å². The zero-order chi connectivity index (χ0) is 17.6. The largest absolute Gasteiger partial charge is 0.390 e. The zero-order valence-corrected chi connectivity index (χ0v) is 15.3. The normalized spacial score (nSPS) is 18.7. The van der Waals surface area contributed by atoms with Crippen molar-refractivity contribution in [2.75, 3.05) is 26.8 Å². The van der Waals surface area contributed by atoms with Gasteiger partial charge in [0.25, 0.3) is 5.91 Å². The van der Waals surface area contributed by atoms with E-state index in [1.807, 2.05) is 43.0 Å². The Balaban J connectivity index is 1.98. The van der Waals surface area contributed by atoms with Crippen LogP contribution in [0.3, 0.4) is 0 Å². The molecule has 1 fully saturated rings. The Bertz CT molecular complexity index is 536. The number of aryl methyl sites for hydroxylation is 1. The molecular weight excluding hydrogens is 302 g/mol. The smallest absolute Gasteiger partial charge is 0.253 e. The SMILES string of the molecule is COCC[C@@H]1CCCN(C(=O)c2cccc(CCC(C)(C)O)c2)C1. The van der Waals surface area contributed by atoms with Crippen LogP contribution in [-0.4, -0.2) is 48.3 Å². The van der Waals surface area contributed by atoms with Gasteiger partial charge < -0.3 is 14.7 Å². The van der Waals surface area contributed by atoms with Crippen LogP contribution in [0.4, 0.5) is 0 Å². The first kappa shape index (κ1) is 18.9. The standard InChI is InChI=1S/C20H31NO3/c1-20(2,23)11-9-16-6-4-8-18(14-16)19(22)21-12-5-7-17(15-21)10-13-24-3/h4,6,8,14,17,23H,5,7,9-13,15H2,1-3H3/t17-/m0/s1. The number of hydrogen-bond acceptors (Lipinski definition) is 3. The molecule has 1 aliphatic heterocycles. The van der Waals surface area contributed by atoms with Gasteiger partial charge in [-0.2, -0.15) is 0 Å². The minimum Gasteiger partial charge on any atom is -0.390 e. The molecule has 0 unspecified atom stereocenters. The summed E-state index contributed by atoms with van der Waals surface area (Å²) < 4.78 is 5.17. The highest BCUT2D eigenvalue weighted by atomic mass is 16.5. The van der Waals surface area contributed by atoms with Crippen molar-refractivity contribution in [1.29, 1.82) is 0 Å². The molecule has 1 aromatic rings. The lowest BCUT2D eigenvalue weighted by Crippen LogP contribution is -2.40. The van der Waals surface area contributed by atoms with Crippen molar-refractivity contribution in [3.05, 3.63) is 35.4 Å². The van der Waals surface area contributed by atoms with Gasteiger partial charge in [0.05, 0.1) is 5.60 Å². The molecule has 4 nitrogen and oxygen atoms in total. The molecule has 0 aromatic heterocycles. The van der Waals surface area contributed by atoms with E-state index >= 15 is 0 Å². The van der Waals surface area contributed by atoms with Crippen LogP contribution in [0.15, 0.2) is 24.3 Å². The first-order valence-electron chi connectivity index (χ1n) is 8.98. The summed E-state index contributed by atoms with van der Waals surface area (Å²) in [5, 5.41) is 9.88. The van der Waals surface area contributed by atoms with E-state index in [2.05, 4.69) is 0 Å². The lowest BCUT2D eigenvalue weighted by Gasteiger charge is -2.33. The maximum absolute atomic E-state index is 12.8. The van der Waals surface area contributed by atoms with Crippen LogP contribution >= 0.6 is 0 Å². The van der Waals surface area contributed by atoms with Gasteiger partial charge in [-0.05, 0) is 69.6 Å². The molecule has 134 valence electrons. The average Bonchev–Trinajstić information content (AvgIpc) is 2.57. The van der Waals surface area contributed by atoms with E-state index in [0.717, 1.165) is 50.1 Å². The number of piperidine rings is 1. The summed E-state index contributed by atoms with van der Waals surface area (Å²) in [6.45, 7) is 6.07. The summed E-state index contributed by atoms with van der Waals surface area (Å²) in [7, 11) is 1.73. The van der Waals surface area contributed by atoms with Gasteiger partial charge in [-0.25, -0.2) is 0 Å². The summed E-state index contributed by atoms with van der Waals surface area (Å²) >= 11 is 0. The number of carbonyl (C=O) groups is 1. The van der Waals surface area contributed by atoms with Gasteiger partial charge in [-0.3, -0.25) is 4.79 Å². The number of carbonyl (C=O) groups excluding carboxylic acids is 1. The first-order chi connectivity index (χ1) is 11.4. The molecule has 0 bridgehead atoms. The molecular formula is C20H31NO3. The molecule has 1 amide bonds. The Kier molecular flexibility index (Phi) is 6.81. The summed E-state index contributed by atoms with van der Waals surface area (Å²) in [6.07, 6.45) is 4.73. The van der Waals surface area contributed by atoms with E-state index in [1.54, 1.807) is 7.11 Å². The summed E-state index contributed by atoms with van der Waals surface area (Å²) in [6, 6.07) is 7.85. The molecule has 0 aliphatic carbocycles. The highest BCUT2D eigenvalue weighted by Crippen LogP contribution is 2.22. The van der Waals surface area contributed by atoms with Crippen LogP contribution in [-0.2, 0) is 11.2 Å². The van der Waals surface area contributed by atoms with E-state index < -0.39 is 5.60 Å². The second-order valence-corrected chi connectivity index (χ2v) is 7.55. The maximum Gasteiger partial charge on any atom is 0.253 e. The molecule has 4 heteroatoms. The van der Waals surface area contributed by atoms with Gasteiger partial charge in [0.2, 0.25) is 0 Å². The summed E-state index contributed by atoms with van der Waals surface area (Å²) in [5.41, 5.74) is 1.19. The van der Waals surface area contributed by atoms with Crippen LogP contribution < -0.4 is 0 Å². The van der Waals surface area contributed by atoms with E-state index in [9.17, 15) is 9.90 Å². The second-order valence-electron chi connectivity index (χ2n) is 7.55. The molecule has 0 spiro atoms. The molecule has 0 radical (unpaired) electrons. The van der Waals surface area contributed by atoms with Gasteiger partial charge in [0, 0.05) is 32.4 Å². The molecule has 1 heterocycles. The average molecular weight is 333 g/mol. The number of hydrogen-bond donors (Lipinski definition) is 1. The number of likely N-dealkylation sites (tertiary alicyclic amines) is 1. The Labute approximate surface area is 145 Å². The highest BCUT2D eigenvalue weighted by molar-refractivity contribution is 5.94. The van der Waals surface area contributed by atoms with Gasteiger partial charge >= 0.3 is 0 Å². The third kappa shape index (κ3) is 5.91. The minimum atomic E-state index is -0.679.